The number of fused-ring (bicyclic) bond motifs is 1. The van der Waals surface area contributed by atoms with Crippen LogP contribution in [0.4, 0.5) is 0 Å². The first-order valence-electron chi connectivity index (χ1n) is 5.59. The third kappa shape index (κ3) is 1.93. The van der Waals surface area contributed by atoms with Gasteiger partial charge in [0, 0.05) is 11.1 Å². The Hall–Kier alpha value is -2.76. The average Bonchev–Trinajstić information content (AvgIpc) is 2.87. The first-order valence-corrected chi connectivity index (χ1v) is 5.59. The van der Waals surface area contributed by atoms with Gasteiger partial charge in [0.1, 0.15) is 0 Å². The predicted molar refractivity (Wildman–Crippen MR) is 66.7 cm³/mol. The standard InChI is InChI=1S/C13H9N3O3/c1-7-6-9(8-4-2-3-5-10(8)14-7)12-15-11(13(17)18)16-19-12/h2-6H,1H3,(H,17,18). The van der Waals surface area contributed by atoms with E-state index in [1.807, 2.05) is 31.2 Å². The van der Waals surface area contributed by atoms with Gasteiger partial charge in [0.15, 0.2) is 0 Å². The van der Waals surface area contributed by atoms with Crippen LogP contribution in [-0.4, -0.2) is 26.2 Å². The highest BCUT2D eigenvalue weighted by Gasteiger charge is 2.16. The van der Waals surface area contributed by atoms with Gasteiger partial charge in [-0.2, -0.15) is 4.98 Å². The SMILES string of the molecule is Cc1cc(-c2nc(C(=O)O)no2)c2ccccc2n1. The highest BCUT2D eigenvalue weighted by molar-refractivity contribution is 5.93. The van der Waals surface area contributed by atoms with Gasteiger partial charge in [0.25, 0.3) is 11.7 Å². The molecule has 0 aliphatic rings. The number of rotatable bonds is 2. The second-order valence-electron chi connectivity index (χ2n) is 4.06. The number of nitrogens with zero attached hydrogens (tertiary/aromatic N) is 3. The van der Waals surface area contributed by atoms with Crippen molar-refractivity contribution in [1.29, 1.82) is 0 Å². The van der Waals surface area contributed by atoms with Gasteiger partial charge in [-0.25, -0.2) is 4.79 Å². The molecule has 1 N–H and O–H groups in total. The summed E-state index contributed by atoms with van der Waals surface area (Å²) in [4.78, 5) is 19.0. The van der Waals surface area contributed by atoms with Gasteiger partial charge in [0.2, 0.25) is 0 Å². The Morgan fingerprint density at radius 2 is 2.05 bits per heavy atom. The number of aromatic nitrogens is 3. The lowest BCUT2D eigenvalue weighted by Crippen LogP contribution is -1.98. The van der Waals surface area contributed by atoms with Gasteiger partial charge in [0.05, 0.1) is 11.1 Å². The Labute approximate surface area is 107 Å². The molecule has 0 saturated carbocycles. The molecule has 1 aromatic carbocycles. The summed E-state index contributed by atoms with van der Waals surface area (Å²) in [6.45, 7) is 1.85. The number of carboxylic acids is 1. The third-order valence-corrected chi connectivity index (χ3v) is 2.69. The zero-order chi connectivity index (χ0) is 13.4. The monoisotopic (exact) mass is 255 g/mol. The summed E-state index contributed by atoms with van der Waals surface area (Å²) in [5.74, 6) is -1.39. The number of benzene rings is 1. The molecule has 0 atom stereocenters. The summed E-state index contributed by atoms with van der Waals surface area (Å²) >= 11 is 0. The van der Waals surface area contributed by atoms with Crippen molar-refractivity contribution >= 4 is 16.9 Å². The number of aryl methyl sites for hydroxylation is 1. The maximum atomic E-state index is 10.8. The summed E-state index contributed by atoms with van der Waals surface area (Å²) in [6.07, 6.45) is 0. The number of carboxylic acid groups (broad SMARTS) is 1. The molecule has 19 heavy (non-hydrogen) atoms. The number of aromatic carboxylic acids is 1. The summed E-state index contributed by atoms with van der Waals surface area (Å²) in [7, 11) is 0. The minimum atomic E-state index is -1.22. The molecule has 0 fully saturated rings. The second-order valence-corrected chi connectivity index (χ2v) is 4.06. The molecular weight excluding hydrogens is 246 g/mol. The van der Waals surface area contributed by atoms with Crippen molar-refractivity contribution < 1.29 is 14.4 Å². The molecule has 0 aliphatic heterocycles. The Morgan fingerprint density at radius 3 is 2.79 bits per heavy atom. The molecule has 0 aliphatic carbocycles. The van der Waals surface area contributed by atoms with Crippen LogP contribution in [0, 0.1) is 6.92 Å². The summed E-state index contributed by atoms with van der Waals surface area (Å²) < 4.78 is 5.01. The van der Waals surface area contributed by atoms with Gasteiger partial charge in [-0.05, 0) is 24.2 Å². The van der Waals surface area contributed by atoms with Crippen LogP contribution in [0.3, 0.4) is 0 Å². The van der Waals surface area contributed by atoms with Gasteiger partial charge in [-0.15, -0.1) is 0 Å². The van der Waals surface area contributed by atoms with Crippen LogP contribution in [-0.2, 0) is 0 Å². The molecule has 0 saturated heterocycles. The molecule has 6 heteroatoms. The van der Waals surface area contributed by atoms with Crippen LogP contribution in [0.2, 0.25) is 0 Å². The van der Waals surface area contributed by atoms with Crippen molar-refractivity contribution in [1.82, 2.24) is 15.1 Å². The van der Waals surface area contributed by atoms with Crippen molar-refractivity contribution in [3.63, 3.8) is 0 Å². The van der Waals surface area contributed by atoms with Crippen molar-refractivity contribution in [2.24, 2.45) is 0 Å². The molecule has 0 radical (unpaired) electrons. The van der Waals surface area contributed by atoms with Crippen molar-refractivity contribution in [3.8, 4) is 11.5 Å². The average molecular weight is 255 g/mol. The molecule has 0 bridgehead atoms. The van der Waals surface area contributed by atoms with E-state index in [0.717, 1.165) is 16.6 Å². The van der Waals surface area contributed by atoms with Crippen LogP contribution < -0.4 is 0 Å². The van der Waals surface area contributed by atoms with Crippen molar-refractivity contribution in [3.05, 3.63) is 41.9 Å². The van der Waals surface area contributed by atoms with Crippen molar-refractivity contribution in [2.75, 3.05) is 0 Å². The minimum absolute atomic E-state index is 0.180. The minimum Gasteiger partial charge on any atom is -0.475 e. The van der Waals surface area contributed by atoms with Gasteiger partial charge in [-0.3, -0.25) is 4.98 Å². The first kappa shape index (κ1) is 11.3. The Morgan fingerprint density at radius 1 is 1.26 bits per heavy atom. The van der Waals surface area contributed by atoms with Crippen LogP contribution in [0.25, 0.3) is 22.4 Å². The molecule has 3 rings (SSSR count). The van der Waals surface area contributed by atoms with E-state index in [2.05, 4.69) is 15.1 Å². The molecule has 6 nitrogen and oxygen atoms in total. The molecule has 0 amide bonds. The zero-order valence-corrected chi connectivity index (χ0v) is 9.99. The fourth-order valence-corrected chi connectivity index (χ4v) is 1.90. The van der Waals surface area contributed by atoms with E-state index in [1.165, 1.54) is 0 Å². The molecule has 0 spiro atoms. The molecule has 2 aromatic heterocycles. The van der Waals surface area contributed by atoms with Crippen LogP contribution in [0.5, 0.6) is 0 Å². The van der Waals surface area contributed by atoms with Gasteiger partial charge < -0.3 is 9.63 Å². The quantitative estimate of drug-likeness (QED) is 0.755. The van der Waals surface area contributed by atoms with E-state index in [1.54, 1.807) is 6.07 Å². The van der Waals surface area contributed by atoms with E-state index in [4.69, 9.17) is 9.63 Å². The lowest BCUT2D eigenvalue weighted by atomic mass is 10.1. The third-order valence-electron chi connectivity index (χ3n) is 2.69. The smallest absolute Gasteiger partial charge is 0.377 e. The summed E-state index contributed by atoms with van der Waals surface area (Å²) in [5.41, 5.74) is 2.28. The van der Waals surface area contributed by atoms with Crippen LogP contribution >= 0.6 is 0 Å². The first-order chi connectivity index (χ1) is 9.15. The topological polar surface area (TPSA) is 89.1 Å². The normalized spacial score (nSPS) is 10.8. The predicted octanol–water partition coefficient (Wildman–Crippen LogP) is 2.29. The highest BCUT2D eigenvalue weighted by Crippen LogP contribution is 2.27. The summed E-state index contributed by atoms with van der Waals surface area (Å²) in [5, 5.41) is 13.1. The Kier molecular flexibility index (Phi) is 2.49. The Bertz CT molecular complexity index is 780. The van der Waals surface area contributed by atoms with E-state index in [9.17, 15) is 4.79 Å². The second kappa shape index (κ2) is 4.16. The fraction of sp³-hybridized carbons (Fsp3) is 0.0769. The fourth-order valence-electron chi connectivity index (χ4n) is 1.90. The van der Waals surface area contributed by atoms with Crippen molar-refractivity contribution in [2.45, 2.75) is 6.92 Å². The van der Waals surface area contributed by atoms with Gasteiger partial charge in [-0.1, -0.05) is 18.2 Å². The lowest BCUT2D eigenvalue weighted by molar-refractivity contribution is 0.0680. The van der Waals surface area contributed by atoms with E-state index in [0.29, 0.717) is 5.56 Å². The summed E-state index contributed by atoms with van der Waals surface area (Å²) in [6, 6.07) is 9.30. The maximum absolute atomic E-state index is 10.8. The molecule has 94 valence electrons. The molecule has 2 heterocycles. The number of hydrogen-bond acceptors (Lipinski definition) is 5. The van der Waals surface area contributed by atoms with Crippen LogP contribution in [0.1, 0.15) is 16.3 Å². The Balaban J connectivity index is 2.26. The zero-order valence-electron chi connectivity index (χ0n) is 9.99. The largest absolute Gasteiger partial charge is 0.475 e. The van der Waals surface area contributed by atoms with E-state index in [-0.39, 0.29) is 11.7 Å². The number of para-hydroxylation sites is 1. The molecular formula is C13H9N3O3. The highest BCUT2D eigenvalue weighted by atomic mass is 16.5. The van der Waals surface area contributed by atoms with E-state index < -0.39 is 5.97 Å². The molecule has 3 aromatic rings. The number of carbonyl (C=O) groups is 1. The number of hydrogen-bond donors (Lipinski definition) is 1. The van der Waals surface area contributed by atoms with E-state index >= 15 is 0 Å². The maximum Gasteiger partial charge on any atom is 0.377 e. The van der Waals surface area contributed by atoms with Crippen LogP contribution in [0.15, 0.2) is 34.9 Å². The van der Waals surface area contributed by atoms with Gasteiger partial charge >= 0.3 is 5.97 Å². The molecule has 0 unspecified atom stereocenters. The number of pyridine rings is 1. The lowest BCUT2D eigenvalue weighted by Gasteiger charge is -2.03.